The van der Waals surface area contributed by atoms with E-state index < -0.39 is 0 Å². The lowest BCUT2D eigenvalue weighted by Crippen LogP contribution is -2.48. The minimum absolute atomic E-state index is 0.620. The maximum absolute atomic E-state index is 7.48. The summed E-state index contributed by atoms with van der Waals surface area (Å²) < 4.78 is 0. The molecule has 1 saturated heterocycles. The highest BCUT2D eigenvalue weighted by Gasteiger charge is 2.29. The quantitative estimate of drug-likeness (QED) is 0.579. The van der Waals surface area contributed by atoms with Crippen LogP contribution in [-0.4, -0.2) is 22.9 Å². The Morgan fingerprint density at radius 2 is 2.18 bits per heavy atom. The van der Waals surface area contributed by atoms with Crippen LogP contribution in [-0.2, 0) is 0 Å². The number of nitrogens with one attached hydrogen (secondary N) is 2. The average molecular weight is 170 g/mol. The van der Waals surface area contributed by atoms with Crippen LogP contribution in [0.4, 0.5) is 0 Å². The van der Waals surface area contributed by atoms with Crippen LogP contribution in [0.1, 0.15) is 25.7 Å². The van der Waals surface area contributed by atoms with Crippen molar-refractivity contribution in [3.05, 3.63) is 0 Å². The molecule has 0 unspecified atom stereocenters. The molecule has 2 rings (SSSR count). The normalized spacial score (nSPS) is 37.6. The summed E-state index contributed by atoms with van der Waals surface area (Å²) in [6.45, 7) is 0. The smallest absolute Gasteiger partial charge is 0.104 e. The molecule has 0 amide bonds. The van der Waals surface area contributed by atoms with Gasteiger partial charge in [0, 0.05) is 11.3 Å². The largest absolute Gasteiger partial charge is 0.369 e. The molecule has 2 fully saturated rings. The third-order valence-corrected chi connectivity index (χ3v) is 3.95. The van der Waals surface area contributed by atoms with Crippen LogP contribution < -0.4 is 5.32 Å². The van der Waals surface area contributed by atoms with E-state index in [9.17, 15) is 0 Å². The molecule has 2 nitrogen and oxygen atoms in total. The molecule has 0 radical (unpaired) electrons. The summed E-state index contributed by atoms with van der Waals surface area (Å²) in [6.07, 6.45) is 5.38. The van der Waals surface area contributed by atoms with Gasteiger partial charge in [-0.2, -0.15) is 0 Å². The molecule has 3 heteroatoms. The van der Waals surface area contributed by atoms with E-state index in [0.717, 1.165) is 16.8 Å². The van der Waals surface area contributed by atoms with E-state index in [-0.39, 0.29) is 0 Å². The van der Waals surface area contributed by atoms with Crippen molar-refractivity contribution in [3.63, 3.8) is 0 Å². The molecule has 1 heterocycles. The maximum Gasteiger partial charge on any atom is 0.104 e. The van der Waals surface area contributed by atoms with Crippen molar-refractivity contribution in [2.75, 3.05) is 5.75 Å². The Hall–Kier alpha value is -0.180. The Kier molecular flexibility index (Phi) is 2.07. The molecule has 0 aromatic rings. The van der Waals surface area contributed by atoms with Gasteiger partial charge in [-0.3, -0.25) is 5.41 Å². The minimum atomic E-state index is 0.620. The molecular weight excluding hydrogens is 156 g/mol. The van der Waals surface area contributed by atoms with E-state index >= 15 is 0 Å². The van der Waals surface area contributed by atoms with Crippen LogP contribution in [0, 0.1) is 5.41 Å². The number of amidine groups is 1. The fraction of sp³-hybridized carbons (Fsp3) is 0.875. The Morgan fingerprint density at radius 3 is 3.09 bits per heavy atom. The first-order chi connectivity index (χ1) is 5.36. The molecule has 1 aliphatic carbocycles. The van der Waals surface area contributed by atoms with Gasteiger partial charge in [-0.15, -0.1) is 11.8 Å². The van der Waals surface area contributed by atoms with Crippen molar-refractivity contribution in [1.82, 2.24) is 5.32 Å². The number of rotatable bonds is 0. The van der Waals surface area contributed by atoms with Crippen molar-refractivity contribution in [2.24, 2.45) is 0 Å². The molecule has 0 aromatic carbocycles. The highest BCUT2D eigenvalue weighted by molar-refractivity contribution is 8.00. The van der Waals surface area contributed by atoms with E-state index in [1.54, 1.807) is 0 Å². The molecule has 2 N–H and O–H groups in total. The molecular formula is C8H14N2S. The van der Waals surface area contributed by atoms with Gasteiger partial charge >= 0.3 is 0 Å². The summed E-state index contributed by atoms with van der Waals surface area (Å²) in [6, 6.07) is 0.620. The first-order valence-electron chi connectivity index (χ1n) is 4.32. The van der Waals surface area contributed by atoms with Gasteiger partial charge in [0.2, 0.25) is 0 Å². The van der Waals surface area contributed by atoms with Crippen LogP contribution in [0.5, 0.6) is 0 Å². The maximum atomic E-state index is 7.48. The molecule has 2 atom stereocenters. The van der Waals surface area contributed by atoms with Crippen LogP contribution in [0.2, 0.25) is 0 Å². The van der Waals surface area contributed by atoms with E-state index in [1.807, 2.05) is 11.8 Å². The molecule has 11 heavy (non-hydrogen) atoms. The average Bonchev–Trinajstić information content (AvgIpc) is 2.04. The number of fused-ring (bicyclic) bond motifs is 1. The van der Waals surface area contributed by atoms with E-state index in [1.165, 1.54) is 25.7 Å². The van der Waals surface area contributed by atoms with E-state index in [4.69, 9.17) is 5.41 Å². The van der Waals surface area contributed by atoms with Crippen molar-refractivity contribution in [3.8, 4) is 0 Å². The standard InChI is InChI=1S/C8H14N2S/c9-8-5-11-7-4-2-1-3-6(7)10-8/h6-7H,1-5H2,(H2,9,10)/t6-,7-/m0/s1. The zero-order chi connectivity index (χ0) is 7.68. The molecule has 1 aliphatic heterocycles. The first kappa shape index (κ1) is 7.47. The Balaban J connectivity index is 1.98. The Bertz CT molecular complexity index is 169. The van der Waals surface area contributed by atoms with Gasteiger partial charge in [0.25, 0.3) is 0 Å². The lowest BCUT2D eigenvalue weighted by Gasteiger charge is -2.36. The summed E-state index contributed by atoms with van der Waals surface area (Å²) in [5, 5.41) is 11.6. The third kappa shape index (κ3) is 1.53. The van der Waals surface area contributed by atoms with Crippen molar-refractivity contribution in [2.45, 2.75) is 37.0 Å². The molecule has 0 spiro atoms. The first-order valence-corrected chi connectivity index (χ1v) is 5.37. The second kappa shape index (κ2) is 3.05. The van der Waals surface area contributed by atoms with Gasteiger partial charge in [-0.25, -0.2) is 0 Å². The topological polar surface area (TPSA) is 35.9 Å². The van der Waals surface area contributed by atoms with E-state index in [2.05, 4.69) is 5.32 Å². The van der Waals surface area contributed by atoms with Gasteiger partial charge in [0.05, 0.1) is 5.75 Å². The van der Waals surface area contributed by atoms with Gasteiger partial charge in [0.15, 0.2) is 0 Å². The van der Waals surface area contributed by atoms with Crippen molar-refractivity contribution in [1.29, 1.82) is 5.41 Å². The second-order valence-corrected chi connectivity index (χ2v) is 4.59. The summed E-state index contributed by atoms with van der Waals surface area (Å²) in [5.41, 5.74) is 0. The predicted octanol–water partition coefficient (Wildman–Crippen LogP) is 1.61. The highest BCUT2D eigenvalue weighted by Crippen LogP contribution is 2.31. The molecule has 2 aliphatic rings. The monoisotopic (exact) mass is 170 g/mol. The zero-order valence-corrected chi connectivity index (χ0v) is 7.41. The van der Waals surface area contributed by atoms with Gasteiger partial charge < -0.3 is 5.32 Å². The lowest BCUT2D eigenvalue weighted by molar-refractivity contribution is 0.420. The minimum Gasteiger partial charge on any atom is -0.369 e. The summed E-state index contributed by atoms with van der Waals surface area (Å²) in [5.74, 6) is 1.64. The highest BCUT2D eigenvalue weighted by atomic mass is 32.2. The lowest BCUT2D eigenvalue weighted by atomic mass is 9.94. The van der Waals surface area contributed by atoms with Crippen molar-refractivity contribution < 1.29 is 0 Å². The van der Waals surface area contributed by atoms with Gasteiger partial charge in [0.1, 0.15) is 5.84 Å². The Labute approximate surface area is 71.6 Å². The SMILES string of the molecule is N=C1CS[C@H]2CCCC[C@@H]2N1. The number of hydrogen-bond donors (Lipinski definition) is 2. The molecule has 1 saturated carbocycles. The summed E-state index contributed by atoms with van der Waals surface area (Å²) in [4.78, 5) is 0. The fourth-order valence-corrected chi connectivity index (χ4v) is 3.15. The number of thioether (sulfide) groups is 1. The predicted molar refractivity (Wildman–Crippen MR) is 49.4 cm³/mol. The fourth-order valence-electron chi connectivity index (χ4n) is 1.92. The zero-order valence-electron chi connectivity index (χ0n) is 6.60. The molecule has 0 bridgehead atoms. The van der Waals surface area contributed by atoms with Crippen LogP contribution in [0.25, 0.3) is 0 Å². The Morgan fingerprint density at radius 1 is 1.36 bits per heavy atom. The third-order valence-electron chi connectivity index (χ3n) is 2.50. The van der Waals surface area contributed by atoms with Crippen LogP contribution in [0.15, 0.2) is 0 Å². The summed E-state index contributed by atoms with van der Waals surface area (Å²) in [7, 11) is 0. The van der Waals surface area contributed by atoms with Crippen LogP contribution >= 0.6 is 11.8 Å². The molecule has 0 aromatic heterocycles. The number of hydrogen-bond acceptors (Lipinski definition) is 2. The molecule has 62 valence electrons. The second-order valence-electron chi connectivity index (χ2n) is 3.36. The van der Waals surface area contributed by atoms with Gasteiger partial charge in [-0.05, 0) is 12.8 Å². The van der Waals surface area contributed by atoms with Crippen molar-refractivity contribution >= 4 is 17.6 Å². The van der Waals surface area contributed by atoms with Crippen LogP contribution in [0.3, 0.4) is 0 Å². The van der Waals surface area contributed by atoms with Gasteiger partial charge in [-0.1, -0.05) is 12.8 Å². The van der Waals surface area contributed by atoms with E-state index in [0.29, 0.717) is 6.04 Å². The summed E-state index contributed by atoms with van der Waals surface area (Å²) >= 11 is 1.97.